The van der Waals surface area contributed by atoms with E-state index in [0.29, 0.717) is 10.6 Å². The number of benzene rings is 1. The fraction of sp³-hybridized carbons (Fsp3) is 0. The van der Waals surface area contributed by atoms with Crippen LogP contribution in [0.3, 0.4) is 0 Å². The Morgan fingerprint density at radius 3 is 2.70 bits per heavy atom. The number of hydrogen-bond donors (Lipinski definition) is 0. The van der Waals surface area contributed by atoms with Crippen molar-refractivity contribution in [3.05, 3.63) is 77.2 Å². The van der Waals surface area contributed by atoms with E-state index in [1.54, 1.807) is 30.5 Å². The summed E-state index contributed by atoms with van der Waals surface area (Å²) in [5.41, 5.74) is 2.17. The highest BCUT2D eigenvalue weighted by Crippen LogP contribution is 2.12. The summed E-state index contributed by atoms with van der Waals surface area (Å²) in [5.74, 6) is -0.0410. The molecule has 0 aliphatic heterocycles. The molecular weight excluding hydrogens is 272 g/mol. The Labute approximate surface area is 121 Å². The monoisotopic (exact) mass is 282 g/mol. The van der Waals surface area contributed by atoms with Crippen LogP contribution in [0.5, 0.6) is 0 Å². The number of nitrogens with zero attached hydrogens (tertiary/aromatic N) is 2. The molecule has 0 radical (unpaired) electrons. The molecule has 3 aromatic rings. The number of halogens is 1. The minimum Gasteiger partial charge on any atom is -0.305 e. The molecule has 0 aliphatic rings. The molecule has 0 unspecified atom stereocenters. The number of carbonyl (C=O) groups is 1. The molecule has 1 aromatic carbocycles. The Bertz CT molecular complexity index is 791. The van der Waals surface area contributed by atoms with Crippen molar-refractivity contribution in [1.29, 1.82) is 0 Å². The van der Waals surface area contributed by atoms with Crippen molar-refractivity contribution in [1.82, 2.24) is 9.38 Å². The smallest absolute Gasteiger partial charge is 0.185 e. The molecule has 2 heterocycles. The van der Waals surface area contributed by atoms with Gasteiger partial charge in [0, 0.05) is 18.0 Å². The third kappa shape index (κ3) is 2.63. The molecule has 0 bridgehead atoms. The summed E-state index contributed by atoms with van der Waals surface area (Å²) in [5, 5.41) is 0.644. The van der Waals surface area contributed by atoms with Crippen LogP contribution in [0, 0.1) is 0 Å². The number of imidazole rings is 1. The molecule has 98 valence electrons. The summed E-state index contributed by atoms with van der Waals surface area (Å²) in [6.07, 6.45) is 6.84. The van der Waals surface area contributed by atoms with E-state index >= 15 is 0 Å². The molecule has 3 rings (SSSR count). The van der Waals surface area contributed by atoms with Crippen LogP contribution in [0.4, 0.5) is 0 Å². The van der Waals surface area contributed by atoms with Gasteiger partial charge < -0.3 is 4.40 Å². The zero-order valence-electron chi connectivity index (χ0n) is 10.5. The van der Waals surface area contributed by atoms with Gasteiger partial charge in [-0.3, -0.25) is 4.79 Å². The van der Waals surface area contributed by atoms with E-state index in [2.05, 4.69) is 4.98 Å². The summed E-state index contributed by atoms with van der Waals surface area (Å²) >= 11 is 5.91. The topological polar surface area (TPSA) is 34.4 Å². The van der Waals surface area contributed by atoms with Gasteiger partial charge in [-0.05, 0) is 24.3 Å². The van der Waals surface area contributed by atoms with Gasteiger partial charge in [0.25, 0.3) is 0 Å². The number of fused-ring (bicyclic) bond motifs is 1. The average Bonchev–Trinajstić information content (AvgIpc) is 2.87. The number of rotatable bonds is 3. The van der Waals surface area contributed by atoms with E-state index in [4.69, 9.17) is 11.6 Å². The van der Waals surface area contributed by atoms with Crippen LogP contribution in [-0.2, 0) is 0 Å². The second-order valence-corrected chi connectivity index (χ2v) is 4.78. The first-order valence-corrected chi connectivity index (χ1v) is 6.52. The molecule has 0 atom stereocenters. The van der Waals surface area contributed by atoms with Gasteiger partial charge in [-0.25, -0.2) is 4.98 Å². The average molecular weight is 283 g/mol. The lowest BCUT2D eigenvalue weighted by atomic mass is 10.1. The van der Waals surface area contributed by atoms with Crippen molar-refractivity contribution in [2.24, 2.45) is 0 Å². The van der Waals surface area contributed by atoms with Crippen LogP contribution in [0.1, 0.15) is 16.1 Å². The Hall–Kier alpha value is -2.39. The quantitative estimate of drug-likeness (QED) is 0.540. The number of hydrogen-bond acceptors (Lipinski definition) is 2. The Morgan fingerprint density at radius 1 is 1.10 bits per heavy atom. The Balaban J connectivity index is 1.85. The largest absolute Gasteiger partial charge is 0.305 e. The fourth-order valence-corrected chi connectivity index (χ4v) is 2.09. The highest BCUT2D eigenvalue weighted by atomic mass is 35.5. The predicted octanol–water partition coefficient (Wildman–Crippen LogP) is 3.88. The highest BCUT2D eigenvalue weighted by molar-refractivity contribution is 6.30. The lowest BCUT2D eigenvalue weighted by Gasteiger charge is -1.92. The molecule has 0 saturated carbocycles. The molecule has 0 amide bonds. The molecule has 20 heavy (non-hydrogen) atoms. The lowest BCUT2D eigenvalue weighted by molar-refractivity contribution is 0.104. The van der Waals surface area contributed by atoms with Crippen LogP contribution in [-0.4, -0.2) is 15.2 Å². The minimum absolute atomic E-state index is 0.0410. The summed E-state index contributed by atoms with van der Waals surface area (Å²) in [6.45, 7) is 0. The number of pyridine rings is 1. The summed E-state index contributed by atoms with van der Waals surface area (Å²) in [6, 6.07) is 12.8. The van der Waals surface area contributed by atoms with Crippen molar-refractivity contribution in [3.63, 3.8) is 0 Å². The SMILES string of the molecule is O=C(/C=C/c1cn2cc(Cl)ccc2n1)c1ccccc1. The second kappa shape index (κ2) is 5.31. The highest BCUT2D eigenvalue weighted by Gasteiger charge is 2.02. The number of aromatic nitrogens is 2. The van der Waals surface area contributed by atoms with E-state index in [0.717, 1.165) is 11.3 Å². The molecular formula is C16H11ClN2O. The lowest BCUT2D eigenvalue weighted by Crippen LogP contribution is -1.92. The Morgan fingerprint density at radius 2 is 1.90 bits per heavy atom. The molecule has 0 saturated heterocycles. The van der Waals surface area contributed by atoms with E-state index < -0.39 is 0 Å². The maximum absolute atomic E-state index is 11.9. The molecule has 0 aliphatic carbocycles. The first-order chi connectivity index (χ1) is 9.72. The van der Waals surface area contributed by atoms with Crippen molar-refractivity contribution >= 4 is 29.1 Å². The molecule has 4 heteroatoms. The standard InChI is InChI=1S/C16H11ClN2O/c17-13-6-9-16-18-14(11-19(16)10-13)7-8-15(20)12-4-2-1-3-5-12/h1-11H/b8-7+. The third-order valence-electron chi connectivity index (χ3n) is 2.90. The van der Waals surface area contributed by atoms with Gasteiger partial charge in [0.15, 0.2) is 5.78 Å². The van der Waals surface area contributed by atoms with Gasteiger partial charge in [0.05, 0.1) is 10.7 Å². The van der Waals surface area contributed by atoms with Crippen LogP contribution in [0.25, 0.3) is 11.7 Å². The van der Waals surface area contributed by atoms with E-state index in [9.17, 15) is 4.79 Å². The van der Waals surface area contributed by atoms with Gasteiger partial charge >= 0.3 is 0 Å². The fourth-order valence-electron chi connectivity index (χ4n) is 1.92. The second-order valence-electron chi connectivity index (χ2n) is 4.34. The first-order valence-electron chi connectivity index (χ1n) is 6.14. The Kier molecular flexibility index (Phi) is 3.35. The molecule has 3 nitrogen and oxygen atoms in total. The maximum atomic E-state index is 11.9. The van der Waals surface area contributed by atoms with Crippen molar-refractivity contribution in [2.45, 2.75) is 0 Å². The number of allylic oxidation sites excluding steroid dienone is 1. The van der Waals surface area contributed by atoms with Crippen molar-refractivity contribution in [3.8, 4) is 0 Å². The first kappa shape index (κ1) is 12.6. The van der Waals surface area contributed by atoms with Crippen LogP contribution >= 0.6 is 11.6 Å². The summed E-state index contributed by atoms with van der Waals surface area (Å²) in [7, 11) is 0. The van der Waals surface area contributed by atoms with Crippen LogP contribution < -0.4 is 0 Å². The molecule has 2 aromatic heterocycles. The zero-order chi connectivity index (χ0) is 13.9. The zero-order valence-corrected chi connectivity index (χ0v) is 11.3. The molecule has 0 N–H and O–H groups in total. The van der Waals surface area contributed by atoms with E-state index in [-0.39, 0.29) is 5.78 Å². The maximum Gasteiger partial charge on any atom is 0.185 e. The van der Waals surface area contributed by atoms with Gasteiger partial charge in [-0.15, -0.1) is 0 Å². The molecule has 0 fully saturated rings. The van der Waals surface area contributed by atoms with Crippen LogP contribution in [0.15, 0.2) is 60.9 Å². The minimum atomic E-state index is -0.0410. The third-order valence-corrected chi connectivity index (χ3v) is 3.12. The normalized spacial score (nSPS) is 11.2. The summed E-state index contributed by atoms with van der Waals surface area (Å²) < 4.78 is 1.83. The van der Waals surface area contributed by atoms with E-state index in [1.807, 2.05) is 34.9 Å². The van der Waals surface area contributed by atoms with Crippen molar-refractivity contribution in [2.75, 3.05) is 0 Å². The van der Waals surface area contributed by atoms with E-state index in [1.165, 1.54) is 6.08 Å². The number of carbonyl (C=O) groups excluding carboxylic acids is 1. The van der Waals surface area contributed by atoms with Gasteiger partial charge in [0.2, 0.25) is 0 Å². The van der Waals surface area contributed by atoms with Gasteiger partial charge in [-0.2, -0.15) is 0 Å². The van der Waals surface area contributed by atoms with Gasteiger partial charge in [0.1, 0.15) is 5.65 Å². The van der Waals surface area contributed by atoms with Crippen molar-refractivity contribution < 1.29 is 4.79 Å². The number of ketones is 1. The van der Waals surface area contributed by atoms with Crippen LogP contribution in [0.2, 0.25) is 5.02 Å². The molecule has 0 spiro atoms. The predicted molar refractivity (Wildman–Crippen MR) is 80.0 cm³/mol. The van der Waals surface area contributed by atoms with Gasteiger partial charge in [-0.1, -0.05) is 41.9 Å². The summed E-state index contributed by atoms with van der Waals surface area (Å²) in [4.78, 5) is 16.3.